The summed E-state index contributed by atoms with van der Waals surface area (Å²) in [7, 11) is 0. The number of piperidine rings is 1. The molecule has 1 heterocycles. The fourth-order valence-corrected chi connectivity index (χ4v) is 2.74. The highest BCUT2D eigenvalue weighted by Gasteiger charge is 2.32. The van der Waals surface area contributed by atoms with E-state index < -0.39 is 0 Å². The van der Waals surface area contributed by atoms with Crippen molar-refractivity contribution in [3.63, 3.8) is 0 Å². The predicted molar refractivity (Wildman–Crippen MR) is 64.8 cm³/mol. The van der Waals surface area contributed by atoms with Gasteiger partial charge in [-0.25, -0.2) is 0 Å². The normalized spacial score (nSPS) is 31.0. The number of hydrogen-bond donors (Lipinski definition) is 1. The first-order valence-corrected chi connectivity index (χ1v) is 6.38. The van der Waals surface area contributed by atoms with Gasteiger partial charge >= 0.3 is 0 Å². The fraction of sp³-hybridized carbons (Fsp3) is 0.769. The quantitative estimate of drug-likeness (QED) is 0.720. The molecule has 90 valence electrons. The molecule has 0 bridgehead atoms. The van der Waals surface area contributed by atoms with E-state index in [1.54, 1.807) is 0 Å². The molecule has 2 unspecified atom stereocenters. The third kappa shape index (κ3) is 2.29. The molecule has 3 nitrogen and oxygen atoms in total. The maximum absolute atomic E-state index is 12.3. The van der Waals surface area contributed by atoms with Crippen LogP contribution in [0.25, 0.3) is 0 Å². The Morgan fingerprint density at radius 3 is 2.69 bits per heavy atom. The zero-order valence-corrected chi connectivity index (χ0v) is 10.1. The van der Waals surface area contributed by atoms with E-state index in [-0.39, 0.29) is 5.92 Å². The average Bonchev–Trinajstić information content (AvgIpc) is 2.82. The van der Waals surface area contributed by atoms with Gasteiger partial charge in [-0.05, 0) is 45.1 Å². The predicted octanol–water partition coefficient (Wildman–Crippen LogP) is 1.54. The summed E-state index contributed by atoms with van der Waals surface area (Å²) in [5, 5.41) is 0. The van der Waals surface area contributed by atoms with Gasteiger partial charge in [-0.1, -0.05) is 12.2 Å². The van der Waals surface area contributed by atoms with Crippen molar-refractivity contribution in [2.45, 2.75) is 38.6 Å². The smallest absolute Gasteiger partial charge is 0.226 e. The number of allylic oxidation sites excluding steroid dienone is 2. The van der Waals surface area contributed by atoms with Gasteiger partial charge in [-0.15, -0.1) is 0 Å². The standard InChI is InChI=1S/C13H22N2O/c1-10-6-7-11(8-14)9-15(10)13(16)12-4-2-3-5-12/h2-3,10-12H,4-9,14H2,1H3. The van der Waals surface area contributed by atoms with E-state index in [1.165, 1.54) is 6.42 Å². The highest BCUT2D eigenvalue weighted by Crippen LogP contribution is 2.27. The maximum Gasteiger partial charge on any atom is 0.226 e. The Morgan fingerprint density at radius 2 is 2.06 bits per heavy atom. The second kappa shape index (κ2) is 5.00. The van der Waals surface area contributed by atoms with Gasteiger partial charge in [0.05, 0.1) is 0 Å². The summed E-state index contributed by atoms with van der Waals surface area (Å²) in [6.45, 7) is 3.74. The Kier molecular flexibility index (Phi) is 3.64. The molecule has 1 aliphatic heterocycles. The molecule has 1 saturated heterocycles. The van der Waals surface area contributed by atoms with Crippen LogP contribution >= 0.6 is 0 Å². The minimum atomic E-state index is 0.207. The highest BCUT2D eigenvalue weighted by atomic mass is 16.2. The minimum absolute atomic E-state index is 0.207. The lowest BCUT2D eigenvalue weighted by molar-refractivity contribution is -0.139. The van der Waals surface area contributed by atoms with Crippen LogP contribution in [0.3, 0.4) is 0 Å². The molecule has 0 aromatic carbocycles. The molecular weight excluding hydrogens is 200 g/mol. The highest BCUT2D eigenvalue weighted by molar-refractivity contribution is 5.80. The summed E-state index contributed by atoms with van der Waals surface area (Å²) < 4.78 is 0. The topological polar surface area (TPSA) is 46.3 Å². The lowest BCUT2D eigenvalue weighted by Gasteiger charge is -2.39. The number of amides is 1. The van der Waals surface area contributed by atoms with E-state index >= 15 is 0 Å². The molecule has 2 atom stereocenters. The van der Waals surface area contributed by atoms with Gasteiger partial charge in [0.1, 0.15) is 0 Å². The molecule has 0 radical (unpaired) electrons. The van der Waals surface area contributed by atoms with E-state index in [0.717, 1.165) is 25.8 Å². The molecule has 3 heteroatoms. The molecule has 0 saturated carbocycles. The van der Waals surface area contributed by atoms with Crippen molar-refractivity contribution in [1.29, 1.82) is 0 Å². The molecule has 0 spiro atoms. The fourth-order valence-electron chi connectivity index (χ4n) is 2.74. The molecule has 0 aromatic rings. The lowest BCUT2D eigenvalue weighted by atomic mass is 9.92. The van der Waals surface area contributed by atoms with Crippen LogP contribution in [0, 0.1) is 11.8 Å². The maximum atomic E-state index is 12.3. The molecule has 16 heavy (non-hydrogen) atoms. The first-order valence-electron chi connectivity index (χ1n) is 6.38. The van der Waals surface area contributed by atoms with Crippen molar-refractivity contribution < 1.29 is 4.79 Å². The van der Waals surface area contributed by atoms with Crippen LogP contribution in [-0.2, 0) is 4.79 Å². The Morgan fingerprint density at radius 1 is 1.38 bits per heavy atom. The molecular formula is C13H22N2O. The van der Waals surface area contributed by atoms with Crippen molar-refractivity contribution in [2.75, 3.05) is 13.1 Å². The van der Waals surface area contributed by atoms with Gasteiger partial charge in [-0.2, -0.15) is 0 Å². The largest absolute Gasteiger partial charge is 0.339 e. The summed E-state index contributed by atoms with van der Waals surface area (Å²) >= 11 is 0. The number of nitrogens with zero attached hydrogens (tertiary/aromatic N) is 1. The Bertz CT molecular complexity index is 280. The van der Waals surface area contributed by atoms with Gasteiger partial charge in [0.15, 0.2) is 0 Å². The average molecular weight is 222 g/mol. The van der Waals surface area contributed by atoms with Gasteiger partial charge < -0.3 is 10.6 Å². The van der Waals surface area contributed by atoms with Crippen molar-refractivity contribution in [1.82, 2.24) is 4.90 Å². The van der Waals surface area contributed by atoms with Gasteiger partial charge in [0.25, 0.3) is 0 Å². The summed E-state index contributed by atoms with van der Waals surface area (Å²) in [4.78, 5) is 14.4. The van der Waals surface area contributed by atoms with Crippen molar-refractivity contribution in [3.05, 3.63) is 12.2 Å². The second-order valence-electron chi connectivity index (χ2n) is 5.16. The minimum Gasteiger partial charge on any atom is -0.339 e. The van der Waals surface area contributed by atoms with Gasteiger partial charge in [0, 0.05) is 18.5 Å². The molecule has 0 aromatic heterocycles. The van der Waals surface area contributed by atoms with Gasteiger partial charge in [-0.3, -0.25) is 4.79 Å². The number of likely N-dealkylation sites (tertiary alicyclic amines) is 1. The van der Waals surface area contributed by atoms with Crippen LogP contribution in [-0.4, -0.2) is 29.9 Å². The monoisotopic (exact) mass is 222 g/mol. The van der Waals surface area contributed by atoms with E-state index in [9.17, 15) is 4.79 Å². The third-order valence-corrected chi connectivity index (χ3v) is 3.95. The van der Waals surface area contributed by atoms with Crippen molar-refractivity contribution in [2.24, 2.45) is 17.6 Å². The van der Waals surface area contributed by atoms with Crippen LogP contribution in [0.15, 0.2) is 12.2 Å². The third-order valence-electron chi connectivity index (χ3n) is 3.95. The van der Waals surface area contributed by atoms with Crippen LogP contribution in [0.1, 0.15) is 32.6 Å². The Hall–Kier alpha value is -0.830. The first kappa shape index (κ1) is 11.6. The number of rotatable bonds is 2. The van der Waals surface area contributed by atoms with Crippen LogP contribution in [0.2, 0.25) is 0 Å². The van der Waals surface area contributed by atoms with E-state index in [4.69, 9.17) is 5.73 Å². The van der Waals surface area contributed by atoms with Gasteiger partial charge in [0.2, 0.25) is 5.91 Å². The molecule has 1 fully saturated rings. The first-order chi connectivity index (χ1) is 7.72. The van der Waals surface area contributed by atoms with E-state index in [2.05, 4.69) is 24.0 Å². The van der Waals surface area contributed by atoms with E-state index in [1.807, 2.05) is 0 Å². The summed E-state index contributed by atoms with van der Waals surface area (Å²) in [6, 6.07) is 0.399. The molecule has 1 aliphatic carbocycles. The summed E-state index contributed by atoms with van der Waals surface area (Å²) in [5.41, 5.74) is 5.71. The molecule has 2 rings (SSSR count). The van der Waals surface area contributed by atoms with Crippen LogP contribution in [0.5, 0.6) is 0 Å². The van der Waals surface area contributed by atoms with Crippen LogP contribution < -0.4 is 5.73 Å². The Labute approximate surface area is 97.7 Å². The van der Waals surface area contributed by atoms with Crippen molar-refractivity contribution >= 4 is 5.91 Å². The summed E-state index contributed by atoms with van der Waals surface area (Å²) in [5.74, 6) is 1.06. The number of carbonyl (C=O) groups is 1. The van der Waals surface area contributed by atoms with Crippen molar-refractivity contribution in [3.8, 4) is 0 Å². The molecule has 2 aliphatic rings. The zero-order valence-electron chi connectivity index (χ0n) is 10.1. The number of hydrogen-bond acceptors (Lipinski definition) is 2. The second-order valence-corrected chi connectivity index (χ2v) is 5.16. The lowest BCUT2D eigenvalue weighted by Crippen LogP contribution is -2.49. The molecule has 2 N–H and O–H groups in total. The Balaban J connectivity index is 1.97. The number of nitrogens with two attached hydrogens (primary N) is 1. The van der Waals surface area contributed by atoms with E-state index in [0.29, 0.717) is 24.4 Å². The van der Waals surface area contributed by atoms with Crippen LogP contribution in [0.4, 0.5) is 0 Å². The number of carbonyl (C=O) groups excluding carboxylic acids is 1. The zero-order chi connectivity index (χ0) is 11.5. The summed E-state index contributed by atoms with van der Waals surface area (Å²) in [6.07, 6.45) is 8.37. The molecule has 1 amide bonds. The SMILES string of the molecule is CC1CCC(CN)CN1C(=O)C1CC=CC1.